The van der Waals surface area contributed by atoms with Gasteiger partial charge in [-0.15, -0.1) is 0 Å². The number of aryl methyl sites for hydroxylation is 1. The molecule has 0 aliphatic carbocycles. The van der Waals surface area contributed by atoms with Crippen LogP contribution >= 0.6 is 0 Å². The Morgan fingerprint density at radius 2 is 2.17 bits per heavy atom. The van der Waals surface area contributed by atoms with E-state index in [0.29, 0.717) is 12.1 Å². The Bertz CT molecular complexity index is 643. The van der Waals surface area contributed by atoms with Crippen molar-refractivity contribution in [2.24, 2.45) is 7.05 Å². The van der Waals surface area contributed by atoms with Crippen molar-refractivity contribution < 1.29 is 4.74 Å². The highest BCUT2D eigenvalue weighted by molar-refractivity contribution is 5.10. The van der Waals surface area contributed by atoms with Gasteiger partial charge < -0.3 is 9.30 Å². The molecule has 0 amide bonds. The summed E-state index contributed by atoms with van der Waals surface area (Å²) in [4.78, 5) is 13.5. The van der Waals surface area contributed by atoms with Gasteiger partial charge >= 0.3 is 0 Å². The van der Waals surface area contributed by atoms with Crippen molar-refractivity contribution in [3.05, 3.63) is 48.3 Å². The Balaban J connectivity index is 1.43. The van der Waals surface area contributed by atoms with E-state index < -0.39 is 0 Å². The molecule has 0 bridgehead atoms. The van der Waals surface area contributed by atoms with Crippen LogP contribution in [0.1, 0.15) is 11.3 Å². The topological polar surface area (TPSA) is 46.4 Å². The minimum absolute atomic E-state index is 0.314. The number of imidazole rings is 1. The van der Waals surface area contributed by atoms with Crippen LogP contribution in [-0.2, 0) is 24.9 Å². The van der Waals surface area contributed by atoms with Crippen LogP contribution in [0.2, 0.25) is 0 Å². The number of nitrogens with zero attached hydrogens (tertiary/aromatic N) is 5. The maximum Gasteiger partial charge on any atom is 0.0945 e. The average Bonchev–Trinajstić information content (AvgIpc) is 3.16. The summed E-state index contributed by atoms with van der Waals surface area (Å²) in [5, 5.41) is 0. The van der Waals surface area contributed by atoms with Gasteiger partial charge in [-0.25, -0.2) is 4.98 Å². The van der Waals surface area contributed by atoms with Gasteiger partial charge in [0, 0.05) is 58.4 Å². The number of pyridine rings is 1. The number of aromatic nitrogens is 3. The van der Waals surface area contributed by atoms with Crippen molar-refractivity contribution in [3.63, 3.8) is 0 Å². The zero-order valence-electron chi connectivity index (χ0n) is 13.5. The summed E-state index contributed by atoms with van der Waals surface area (Å²) in [7, 11) is 2.05. The first-order chi connectivity index (χ1) is 11.3. The minimum atomic E-state index is 0.314. The Kier molecular flexibility index (Phi) is 4.11. The molecule has 2 aliphatic heterocycles. The molecule has 2 aliphatic rings. The third kappa shape index (κ3) is 3.15. The summed E-state index contributed by atoms with van der Waals surface area (Å²) in [6.45, 7) is 5.76. The molecule has 6 nitrogen and oxygen atoms in total. The van der Waals surface area contributed by atoms with Crippen molar-refractivity contribution in [2.45, 2.75) is 25.2 Å². The average molecular weight is 313 g/mol. The van der Waals surface area contributed by atoms with E-state index in [-0.39, 0.29) is 0 Å². The standard InChI is InChI=1S/C17H23N5O/c1-20-13-19-8-15(20)10-21-11-16-17(12-21)23-6-5-22(16)9-14-3-2-4-18-7-14/h2-4,7-8,13,16-17H,5-6,9-12H2,1H3/t16-,17-/m0/s1. The van der Waals surface area contributed by atoms with Crippen LogP contribution in [-0.4, -0.2) is 62.7 Å². The van der Waals surface area contributed by atoms with E-state index >= 15 is 0 Å². The van der Waals surface area contributed by atoms with Gasteiger partial charge in [-0.2, -0.15) is 0 Å². The third-order valence-electron chi connectivity index (χ3n) is 4.90. The molecule has 0 aromatic carbocycles. The highest BCUT2D eigenvalue weighted by Gasteiger charge is 2.40. The van der Waals surface area contributed by atoms with E-state index in [0.717, 1.165) is 39.3 Å². The van der Waals surface area contributed by atoms with Gasteiger partial charge in [0.1, 0.15) is 0 Å². The maximum atomic E-state index is 6.03. The van der Waals surface area contributed by atoms with E-state index in [4.69, 9.17) is 4.74 Å². The van der Waals surface area contributed by atoms with Gasteiger partial charge in [-0.3, -0.25) is 14.8 Å². The SMILES string of the molecule is Cn1cncc1CN1C[C@@H]2OCCN(Cc3cccnc3)[C@H]2C1. The first-order valence-corrected chi connectivity index (χ1v) is 8.22. The van der Waals surface area contributed by atoms with Crippen LogP contribution in [0.25, 0.3) is 0 Å². The molecule has 23 heavy (non-hydrogen) atoms. The van der Waals surface area contributed by atoms with Crippen LogP contribution in [0, 0.1) is 0 Å². The molecule has 2 saturated heterocycles. The van der Waals surface area contributed by atoms with E-state index in [1.807, 2.05) is 31.0 Å². The van der Waals surface area contributed by atoms with Crippen LogP contribution in [0.4, 0.5) is 0 Å². The van der Waals surface area contributed by atoms with Crippen molar-refractivity contribution in [3.8, 4) is 0 Å². The largest absolute Gasteiger partial charge is 0.374 e. The molecule has 0 spiro atoms. The molecule has 2 atom stereocenters. The van der Waals surface area contributed by atoms with Crippen molar-refractivity contribution in [1.29, 1.82) is 0 Å². The zero-order chi connectivity index (χ0) is 15.6. The number of ether oxygens (including phenoxy) is 1. The fourth-order valence-electron chi connectivity index (χ4n) is 3.65. The van der Waals surface area contributed by atoms with Crippen molar-refractivity contribution in [1.82, 2.24) is 24.3 Å². The molecular formula is C17H23N5O. The second-order valence-corrected chi connectivity index (χ2v) is 6.50. The predicted octanol–water partition coefficient (Wildman–Crippen LogP) is 0.900. The molecule has 0 saturated carbocycles. The minimum Gasteiger partial charge on any atom is -0.374 e. The quantitative estimate of drug-likeness (QED) is 0.839. The normalized spacial score (nSPS) is 25.6. The lowest BCUT2D eigenvalue weighted by molar-refractivity contribution is -0.0504. The Labute approximate surface area is 136 Å². The number of morpholine rings is 1. The molecule has 6 heteroatoms. The molecule has 4 rings (SSSR count). The summed E-state index contributed by atoms with van der Waals surface area (Å²) in [6, 6.07) is 4.63. The molecule has 4 heterocycles. The molecule has 2 aromatic heterocycles. The Hall–Kier alpha value is -1.76. The van der Waals surface area contributed by atoms with Crippen molar-refractivity contribution in [2.75, 3.05) is 26.2 Å². The fraction of sp³-hybridized carbons (Fsp3) is 0.529. The number of rotatable bonds is 4. The van der Waals surface area contributed by atoms with E-state index in [9.17, 15) is 0 Å². The van der Waals surface area contributed by atoms with Crippen molar-refractivity contribution >= 4 is 0 Å². The first kappa shape index (κ1) is 14.8. The van der Waals surface area contributed by atoms with Gasteiger partial charge in [-0.05, 0) is 11.6 Å². The molecule has 0 radical (unpaired) electrons. The number of hydrogen-bond donors (Lipinski definition) is 0. The van der Waals surface area contributed by atoms with Crippen LogP contribution in [0.15, 0.2) is 37.1 Å². The fourth-order valence-corrected chi connectivity index (χ4v) is 3.65. The van der Waals surface area contributed by atoms with Crippen LogP contribution in [0.5, 0.6) is 0 Å². The van der Waals surface area contributed by atoms with E-state index in [1.165, 1.54) is 11.3 Å². The maximum absolute atomic E-state index is 6.03. The van der Waals surface area contributed by atoms with Crippen LogP contribution in [0.3, 0.4) is 0 Å². The van der Waals surface area contributed by atoms with E-state index in [1.54, 1.807) is 0 Å². The lowest BCUT2D eigenvalue weighted by Crippen LogP contribution is -2.50. The zero-order valence-corrected chi connectivity index (χ0v) is 13.5. The monoisotopic (exact) mass is 313 g/mol. The highest BCUT2D eigenvalue weighted by atomic mass is 16.5. The lowest BCUT2D eigenvalue weighted by atomic mass is 10.1. The van der Waals surface area contributed by atoms with Crippen LogP contribution < -0.4 is 0 Å². The Morgan fingerprint density at radius 1 is 1.22 bits per heavy atom. The van der Waals surface area contributed by atoms with Gasteiger partial charge in [0.2, 0.25) is 0 Å². The summed E-state index contributed by atoms with van der Waals surface area (Å²) >= 11 is 0. The van der Waals surface area contributed by atoms with Gasteiger partial charge in [0.25, 0.3) is 0 Å². The summed E-state index contributed by atoms with van der Waals surface area (Å²) in [5.74, 6) is 0. The predicted molar refractivity (Wildman–Crippen MR) is 86.7 cm³/mol. The summed E-state index contributed by atoms with van der Waals surface area (Å²) < 4.78 is 8.12. The number of hydrogen-bond acceptors (Lipinski definition) is 5. The third-order valence-corrected chi connectivity index (χ3v) is 4.90. The lowest BCUT2D eigenvalue weighted by Gasteiger charge is -2.36. The molecular weight excluding hydrogens is 290 g/mol. The molecule has 2 fully saturated rings. The Morgan fingerprint density at radius 3 is 2.96 bits per heavy atom. The van der Waals surface area contributed by atoms with Gasteiger partial charge in [0.15, 0.2) is 0 Å². The smallest absolute Gasteiger partial charge is 0.0945 e. The number of likely N-dealkylation sites (tertiary alicyclic amines) is 1. The molecule has 0 N–H and O–H groups in total. The second kappa shape index (κ2) is 6.39. The van der Waals surface area contributed by atoms with E-state index in [2.05, 4.69) is 37.4 Å². The molecule has 122 valence electrons. The van der Waals surface area contributed by atoms with Gasteiger partial charge in [0.05, 0.1) is 30.8 Å². The molecule has 0 unspecified atom stereocenters. The highest BCUT2D eigenvalue weighted by Crippen LogP contribution is 2.25. The first-order valence-electron chi connectivity index (χ1n) is 8.22. The summed E-state index contributed by atoms with van der Waals surface area (Å²) in [6.07, 6.45) is 7.93. The van der Waals surface area contributed by atoms with Gasteiger partial charge in [-0.1, -0.05) is 6.07 Å². The summed E-state index contributed by atoms with van der Waals surface area (Å²) in [5.41, 5.74) is 2.53. The molecule has 2 aromatic rings. The second-order valence-electron chi connectivity index (χ2n) is 6.50. The number of fused-ring (bicyclic) bond motifs is 1.